The number of aromatic nitrogens is 4. The van der Waals surface area contributed by atoms with Gasteiger partial charge in [0.15, 0.2) is 5.82 Å². The Hall–Kier alpha value is -3.37. The number of aromatic amines is 1. The highest BCUT2D eigenvalue weighted by atomic mass is 35.5. The van der Waals surface area contributed by atoms with Crippen molar-refractivity contribution in [2.45, 2.75) is 84.8 Å². The number of nitrogens with one attached hydrogen (secondary N) is 3. The van der Waals surface area contributed by atoms with E-state index in [1.165, 1.54) is 19.3 Å². The standard InChI is InChI=1S/C32H45ClN8O2/c1-20(2)41-27(17-34-30-23-15-24(32(4,5)6)25(33)16-26(23)37-38-30)35-21(3)29(41)31(43)36-22-18-40(19-22)28(42)11-10-14-39-12-8-7-9-13-39/h10-11,15-16,20,22H,7-9,12-14,17-19H2,1-6H3,(H,36,43)(H2,34,37,38). The maximum absolute atomic E-state index is 13.5. The summed E-state index contributed by atoms with van der Waals surface area (Å²) >= 11 is 6.55. The SMILES string of the molecule is Cc1nc(CNc2n[nH]c3cc(Cl)c(C(C)(C)C)cc23)n(C(C)C)c1C(=O)NC1CN(C(=O)C=CCN2CCCCC2)C1. The highest BCUT2D eigenvalue weighted by Crippen LogP contribution is 2.35. The Morgan fingerprint density at radius 2 is 1.88 bits per heavy atom. The van der Waals surface area contributed by atoms with Crippen LogP contribution in [0.1, 0.15) is 87.5 Å². The van der Waals surface area contributed by atoms with Gasteiger partial charge in [0.25, 0.3) is 5.91 Å². The van der Waals surface area contributed by atoms with Crippen molar-refractivity contribution in [3.63, 3.8) is 0 Å². The van der Waals surface area contributed by atoms with Gasteiger partial charge in [-0.3, -0.25) is 19.6 Å². The number of rotatable bonds is 9. The Morgan fingerprint density at radius 3 is 2.56 bits per heavy atom. The number of carbonyl (C=O) groups excluding carboxylic acids is 2. The van der Waals surface area contributed by atoms with Gasteiger partial charge in [0.1, 0.15) is 11.5 Å². The smallest absolute Gasteiger partial charge is 0.270 e. The van der Waals surface area contributed by atoms with Gasteiger partial charge < -0.3 is 20.1 Å². The van der Waals surface area contributed by atoms with Crippen LogP contribution in [-0.4, -0.2) is 80.1 Å². The number of benzene rings is 1. The molecule has 5 rings (SSSR count). The van der Waals surface area contributed by atoms with Gasteiger partial charge >= 0.3 is 0 Å². The van der Waals surface area contributed by atoms with Crippen LogP contribution in [-0.2, 0) is 16.8 Å². The second-order valence-electron chi connectivity index (χ2n) is 13.2. The molecule has 2 amide bonds. The number of aryl methyl sites for hydroxylation is 1. The van der Waals surface area contributed by atoms with Crippen molar-refractivity contribution < 1.29 is 9.59 Å². The third kappa shape index (κ3) is 6.91. The van der Waals surface area contributed by atoms with Gasteiger partial charge in [0, 0.05) is 42.2 Å². The first-order valence-corrected chi connectivity index (χ1v) is 15.8. The summed E-state index contributed by atoms with van der Waals surface area (Å²) in [5, 5.41) is 15.8. The predicted molar refractivity (Wildman–Crippen MR) is 172 cm³/mol. The maximum Gasteiger partial charge on any atom is 0.270 e. The van der Waals surface area contributed by atoms with Gasteiger partial charge in [-0.25, -0.2) is 4.98 Å². The van der Waals surface area contributed by atoms with Gasteiger partial charge in [0.05, 0.1) is 23.8 Å². The summed E-state index contributed by atoms with van der Waals surface area (Å²) in [6.45, 7) is 16.8. The van der Waals surface area contributed by atoms with Crippen LogP contribution in [0.3, 0.4) is 0 Å². The number of fused-ring (bicyclic) bond motifs is 1. The summed E-state index contributed by atoms with van der Waals surface area (Å²) in [7, 11) is 0. The van der Waals surface area contributed by atoms with Gasteiger partial charge in [-0.05, 0) is 69.8 Å². The molecule has 0 atom stereocenters. The molecule has 0 saturated carbocycles. The highest BCUT2D eigenvalue weighted by molar-refractivity contribution is 6.32. The van der Waals surface area contributed by atoms with Gasteiger partial charge in [-0.15, -0.1) is 0 Å². The molecule has 0 unspecified atom stereocenters. The average Bonchev–Trinajstić information content (AvgIpc) is 3.48. The van der Waals surface area contributed by atoms with Crippen LogP contribution in [0.5, 0.6) is 0 Å². The quantitative estimate of drug-likeness (QED) is 0.288. The zero-order valence-corrected chi connectivity index (χ0v) is 27.0. The molecule has 0 bridgehead atoms. The number of nitrogens with zero attached hydrogens (tertiary/aromatic N) is 5. The minimum Gasteiger partial charge on any atom is -0.361 e. The van der Waals surface area contributed by atoms with Crippen LogP contribution >= 0.6 is 11.6 Å². The van der Waals surface area contributed by atoms with Gasteiger partial charge in [0.2, 0.25) is 5.91 Å². The number of amides is 2. The molecule has 3 N–H and O–H groups in total. The number of anilines is 1. The first-order chi connectivity index (χ1) is 20.4. The highest BCUT2D eigenvalue weighted by Gasteiger charge is 2.33. The summed E-state index contributed by atoms with van der Waals surface area (Å²) in [5.41, 5.74) is 3.02. The van der Waals surface area contributed by atoms with E-state index in [-0.39, 0.29) is 29.3 Å². The molecule has 2 aliphatic heterocycles. The molecule has 2 aromatic heterocycles. The molecule has 2 saturated heterocycles. The molecule has 0 aliphatic carbocycles. The molecule has 232 valence electrons. The summed E-state index contributed by atoms with van der Waals surface area (Å²) in [6, 6.07) is 3.94. The Balaban J connectivity index is 1.21. The van der Waals surface area contributed by atoms with Crippen molar-refractivity contribution in [2.75, 3.05) is 38.0 Å². The van der Waals surface area contributed by atoms with E-state index in [1.807, 2.05) is 37.5 Å². The molecule has 1 aromatic carbocycles. The summed E-state index contributed by atoms with van der Waals surface area (Å²) in [4.78, 5) is 35.0. The lowest BCUT2D eigenvalue weighted by Gasteiger charge is -2.39. The van der Waals surface area contributed by atoms with Gasteiger partial charge in [-0.2, -0.15) is 5.10 Å². The number of imidazole rings is 1. The number of hydrogen-bond donors (Lipinski definition) is 3. The van der Waals surface area contributed by atoms with Crippen LogP contribution in [0.4, 0.5) is 5.82 Å². The molecular formula is C32H45ClN8O2. The van der Waals surface area contributed by atoms with E-state index in [1.54, 1.807) is 11.0 Å². The van der Waals surface area contributed by atoms with E-state index in [0.717, 1.165) is 41.9 Å². The third-order valence-corrected chi connectivity index (χ3v) is 8.68. The molecular weight excluding hydrogens is 564 g/mol. The number of likely N-dealkylation sites (tertiary alicyclic amines) is 2. The molecule has 11 heteroatoms. The number of carbonyl (C=O) groups is 2. The van der Waals surface area contributed by atoms with Crippen LogP contribution in [0.25, 0.3) is 10.9 Å². The molecule has 10 nitrogen and oxygen atoms in total. The molecule has 2 aliphatic rings. The number of hydrogen-bond acceptors (Lipinski definition) is 6. The summed E-state index contributed by atoms with van der Waals surface area (Å²) in [5.74, 6) is 1.30. The van der Waals surface area contributed by atoms with Crippen LogP contribution < -0.4 is 10.6 Å². The summed E-state index contributed by atoms with van der Waals surface area (Å²) < 4.78 is 1.98. The zero-order valence-electron chi connectivity index (χ0n) is 26.3. The Labute approximate surface area is 259 Å². The lowest BCUT2D eigenvalue weighted by atomic mass is 9.86. The van der Waals surface area contributed by atoms with Crippen molar-refractivity contribution in [1.82, 2.24) is 34.9 Å². The molecule has 0 radical (unpaired) electrons. The fraction of sp³-hybridized carbons (Fsp3) is 0.562. The average molecular weight is 609 g/mol. The van der Waals surface area contributed by atoms with Crippen molar-refractivity contribution in [2.24, 2.45) is 0 Å². The minimum atomic E-state index is -0.169. The van der Waals surface area contributed by atoms with Crippen molar-refractivity contribution in [3.8, 4) is 0 Å². The Bertz CT molecular complexity index is 1500. The van der Waals surface area contributed by atoms with Crippen molar-refractivity contribution in [1.29, 1.82) is 0 Å². The van der Waals surface area contributed by atoms with E-state index in [0.29, 0.717) is 41.9 Å². The van der Waals surface area contributed by atoms with Crippen LogP contribution in [0, 0.1) is 6.92 Å². The zero-order chi connectivity index (χ0) is 30.9. The number of H-pyrrole nitrogens is 1. The monoisotopic (exact) mass is 608 g/mol. The fourth-order valence-electron chi connectivity index (χ4n) is 6.02. The largest absolute Gasteiger partial charge is 0.361 e. The maximum atomic E-state index is 13.5. The second kappa shape index (κ2) is 12.7. The lowest BCUT2D eigenvalue weighted by Crippen LogP contribution is -2.60. The molecule has 3 aromatic rings. The van der Waals surface area contributed by atoms with E-state index in [4.69, 9.17) is 16.6 Å². The molecule has 0 spiro atoms. The molecule has 43 heavy (non-hydrogen) atoms. The Morgan fingerprint density at radius 1 is 1.16 bits per heavy atom. The molecule has 2 fully saturated rings. The minimum absolute atomic E-state index is 0.00190. The first-order valence-electron chi connectivity index (χ1n) is 15.4. The normalized spacial score (nSPS) is 16.8. The predicted octanol–water partition coefficient (Wildman–Crippen LogP) is 5.19. The van der Waals surface area contributed by atoms with Crippen LogP contribution in [0.2, 0.25) is 5.02 Å². The third-order valence-electron chi connectivity index (χ3n) is 8.36. The van der Waals surface area contributed by atoms with E-state index < -0.39 is 0 Å². The molecule has 4 heterocycles. The van der Waals surface area contributed by atoms with E-state index >= 15 is 0 Å². The van der Waals surface area contributed by atoms with E-state index in [2.05, 4.69) is 52.6 Å². The number of halogens is 1. The lowest BCUT2D eigenvalue weighted by molar-refractivity contribution is -0.130. The van der Waals surface area contributed by atoms with Crippen LogP contribution in [0.15, 0.2) is 24.3 Å². The van der Waals surface area contributed by atoms with E-state index in [9.17, 15) is 9.59 Å². The summed E-state index contributed by atoms with van der Waals surface area (Å²) in [6.07, 6.45) is 7.40. The van der Waals surface area contributed by atoms with Crippen molar-refractivity contribution >= 4 is 40.1 Å². The Kier molecular flexibility index (Phi) is 9.18. The topological polar surface area (TPSA) is 111 Å². The fourth-order valence-corrected chi connectivity index (χ4v) is 6.47. The van der Waals surface area contributed by atoms with Crippen molar-refractivity contribution in [3.05, 3.63) is 52.1 Å². The van der Waals surface area contributed by atoms with Gasteiger partial charge in [-0.1, -0.05) is 44.9 Å². The number of piperidine rings is 1. The first kappa shape index (κ1) is 31.1. The second-order valence-corrected chi connectivity index (χ2v) is 13.6.